The first-order valence-corrected chi connectivity index (χ1v) is 30.1. The third-order valence-electron chi connectivity index (χ3n) is 17.4. The van der Waals surface area contributed by atoms with Crippen molar-refractivity contribution in [2.45, 2.75) is 280 Å². The van der Waals surface area contributed by atoms with Crippen molar-refractivity contribution in [2.75, 3.05) is 52.4 Å². The van der Waals surface area contributed by atoms with Gasteiger partial charge >= 0.3 is 0 Å². The molecule has 1 saturated carbocycles. The summed E-state index contributed by atoms with van der Waals surface area (Å²) in [5.74, 6) is 0.706. The summed E-state index contributed by atoms with van der Waals surface area (Å²) < 4.78 is 2.58. The number of phenols is 2. The zero-order chi connectivity index (χ0) is 51.5. The van der Waals surface area contributed by atoms with Crippen LogP contribution in [-0.4, -0.2) is 96.1 Å². The van der Waals surface area contributed by atoms with Gasteiger partial charge in [0.1, 0.15) is 11.5 Å². The summed E-state index contributed by atoms with van der Waals surface area (Å²) in [6, 6.07) is 9.18. The van der Waals surface area contributed by atoms with E-state index in [2.05, 4.69) is 100 Å². The Morgan fingerprint density at radius 3 is 1.00 bits per heavy atom. The SMILES string of the molecule is C.CCCCC(C)(CCCC)c1cc(C)c(O)c(C=N[C@@H]2CCCC[C@H]2N=Cc2cc(C(C)(CCC[N+](CCCC)(CCCC)CCCC)CCC[N+](CCCC)(CCCC)CCCC)cc(C)c2O)c1.[Co]. The first-order valence-electron chi connectivity index (χ1n) is 30.1. The molecule has 0 unspecified atom stereocenters. The molecule has 417 valence electrons. The Balaban J connectivity index is 0.0000130. The molecule has 0 heterocycles. The van der Waals surface area contributed by atoms with Crippen LogP contribution in [-0.2, 0) is 27.6 Å². The van der Waals surface area contributed by atoms with E-state index in [-0.39, 0.29) is 47.1 Å². The van der Waals surface area contributed by atoms with Crippen LogP contribution >= 0.6 is 0 Å². The molecule has 3 rings (SSSR count). The number of benzene rings is 2. The molecule has 0 spiro atoms. The average molecular weight is 1050 g/mol. The Morgan fingerprint density at radius 2 is 0.722 bits per heavy atom. The topological polar surface area (TPSA) is 65.2 Å². The van der Waals surface area contributed by atoms with Crippen LogP contribution in [0, 0.1) is 13.8 Å². The van der Waals surface area contributed by atoms with Gasteiger partial charge in [-0.05, 0) is 149 Å². The van der Waals surface area contributed by atoms with E-state index in [0.29, 0.717) is 11.5 Å². The quantitative estimate of drug-likeness (QED) is 0.0520. The number of rotatable bonds is 38. The molecule has 0 bridgehead atoms. The van der Waals surface area contributed by atoms with Gasteiger partial charge in [-0.3, -0.25) is 9.98 Å². The molecule has 0 aromatic heterocycles. The summed E-state index contributed by atoms with van der Waals surface area (Å²) in [4.78, 5) is 10.6. The maximum atomic E-state index is 11.8. The van der Waals surface area contributed by atoms with Gasteiger partial charge in [0, 0.05) is 40.3 Å². The number of unbranched alkanes of at least 4 members (excludes halogenated alkanes) is 8. The maximum Gasteiger partial charge on any atom is 0.127 e. The number of hydrogen-bond acceptors (Lipinski definition) is 4. The predicted molar refractivity (Wildman–Crippen MR) is 315 cm³/mol. The molecule has 1 aliphatic rings. The molecule has 0 aliphatic heterocycles. The molecule has 2 atom stereocenters. The molecule has 72 heavy (non-hydrogen) atoms. The molecule has 2 aromatic rings. The molecule has 1 fully saturated rings. The van der Waals surface area contributed by atoms with E-state index >= 15 is 0 Å². The molecule has 1 aliphatic carbocycles. The smallest absolute Gasteiger partial charge is 0.127 e. The van der Waals surface area contributed by atoms with Gasteiger partial charge in [-0.15, -0.1) is 0 Å². The van der Waals surface area contributed by atoms with Crippen molar-refractivity contribution in [1.29, 1.82) is 0 Å². The van der Waals surface area contributed by atoms with Crippen molar-refractivity contribution in [3.63, 3.8) is 0 Å². The fourth-order valence-corrected chi connectivity index (χ4v) is 12.2. The zero-order valence-corrected chi connectivity index (χ0v) is 49.7. The minimum absolute atomic E-state index is 0. The van der Waals surface area contributed by atoms with Gasteiger partial charge in [0.15, 0.2) is 0 Å². The third kappa shape index (κ3) is 21.4. The molecule has 7 heteroatoms. The van der Waals surface area contributed by atoms with E-state index in [1.165, 1.54) is 201 Å². The third-order valence-corrected chi connectivity index (χ3v) is 17.4. The van der Waals surface area contributed by atoms with Crippen LogP contribution in [0.4, 0.5) is 0 Å². The Bertz CT molecular complexity index is 1720. The van der Waals surface area contributed by atoms with Crippen molar-refractivity contribution in [3.05, 3.63) is 57.6 Å². The largest absolute Gasteiger partial charge is 0.507 e. The second kappa shape index (κ2) is 36.0. The number of aryl methyl sites for hydroxylation is 2. The van der Waals surface area contributed by atoms with Gasteiger partial charge in [0.05, 0.1) is 64.4 Å². The first-order chi connectivity index (χ1) is 33.7. The van der Waals surface area contributed by atoms with Crippen LogP contribution in [0.15, 0.2) is 34.3 Å². The van der Waals surface area contributed by atoms with Gasteiger partial charge in [-0.2, -0.15) is 0 Å². The number of aromatic hydroxyl groups is 2. The number of nitrogens with zero attached hydrogens (tertiary/aromatic N) is 4. The van der Waals surface area contributed by atoms with Gasteiger partial charge < -0.3 is 19.2 Å². The molecular formula is C65H118CoN4O2+2. The summed E-state index contributed by atoms with van der Waals surface area (Å²) in [6.45, 7) is 38.3. The minimum Gasteiger partial charge on any atom is -0.507 e. The normalized spacial score (nSPS) is 15.9. The van der Waals surface area contributed by atoms with Gasteiger partial charge in [0.25, 0.3) is 0 Å². The van der Waals surface area contributed by atoms with Gasteiger partial charge in [-0.1, -0.05) is 166 Å². The van der Waals surface area contributed by atoms with E-state index in [4.69, 9.17) is 9.98 Å². The van der Waals surface area contributed by atoms with Crippen LogP contribution in [0.3, 0.4) is 0 Å². The van der Waals surface area contributed by atoms with Crippen molar-refractivity contribution in [2.24, 2.45) is 9.98 Å². The maximum absolute atomic E-state index is 11.8. The fraction of sp³-hybridized carbons (Fsp3) is 0.785. The average Bonchev–Trinajstić information content (AvgIpc) is 3.36. The number of phenolic OH excluding ortho intramolecular Hbond substituents is 2. The van der Waals surface area contributed by atoms with Crippen molar-refractivity contribution < 1.29 is 36.0 Å². The van der Waals surface area contributed by atoms with E-state index in [1.54, 1.807) is 0 Å². The molecule has 2 aromatic carbocycles. The van der Waals surface area contributed by atoms with Crippen LogP contribution in [0.1, 0.15) is 277 Å². The van der Waals surface area contributed by atoms with Crippen LogP contribution in [0.5, 0.6) is 11.5 Å². The monoisotopic (exact) mass is 1050 g/mol. The van der Waals surface area contributed by atoms with Gasteiger partial charge in [-0.25, -0.2) is 0 Å². The summed E-state index contributed by atoms with van der Waals surface area (Å²) in [5.41, 5.74) is 6.34. The number of aliphatic imine (C=N–C) groups is 2. The van der Waals surface area contributed by atoms with Crippen LogP contribution < -0.4 is 0 Å². The molecule has 0 amide bonds. The Kier molecular flexibility index (Phi) is 33.9. The number of quaternary nitrogens is 2. The minimum atomic E-state index is -0.0115. The summed E-state index contributed by atoms with van der Waals surface area (Å²) in [5, 5.41) is 23.2. The van der Waals surface area contributed by atoms with E-state index in [0.717, 1.165) is 60.8 Å². The fourth-order valence-electron chi connectivity index (χ4n) is 12.2. The zero-order valence-electron chi connectivity index (χ0n) is 48.7. The van der Waals surface area contributed by atoms with E-state index < -0.39 is 0 Å². The Labute approximate surface area is 457 Å². The Morgan fingerprint density at radius 1 is 0.458 bits per heavy atom. The molecule has 6 nitrogen and oxygen atoms in total. The van der Waals surface area contributed by atoms with Crippen LogP contribution in [0.2, 0.25) is 0 Å². The van der Waals surface area contributed by atoms with E-state index in [9.17, 15) is 10.2 Å². The molecule has 2 N–H and O–H groups in total. The Hall–Kier alpha value is -2.19. The second-order valence-electron chi connectivity index (χ2n) is 23.6. The molecular weight excluding hydrogens is 928 g/mol. The molecule has 0 saturated heterocycles. The first kappa shape index (κ1) is 67.8. The van der Waals surface area contributed by atoms with Crippen molar-refractivity contribution in [1.82, 2.24) is 0 Å². The van der Waals surface area contributed by atoms with Crippen LogP contribution in [0.25, 0.3) is 0 Å². The molecule has 1 radical (unpaired) electrons. The summed E-state index contributed by atoms with van der Waals surface area (Å²) in [7, 11) is 0. The summed E-state index contributed by atoms with van der Waals surface area (Å²) in [6.07, 6.45) is 35.6. The predicted octanol–water partition coefficient (Wildman–Crippen LogP) is 18.1. The van der Waals surface area contributed by atoms with Crippen molar-refractivity contribution >= 4 is 12.4 Å². The second-order valence-corrected chi connectivity index (χ2v) is 23.6. The number of hydrogen-bond donors (Lipinski definition) is 2. The van der Waals surface area contributed by atoms with Crippen molar-refractivity contribution in [3.8, 4) is 11.5 Å². The van der Waals surface area contributed by atoms with Gasteiger partial charge in [0.2, 0.25) is 0 Å². The standard InChI is InChI=1S/C64H112N4O2.CH4.Co/c1-13-21-35-63(11,36-22-14-2)57-47-53(9)61(69)55(49-57)51-65-59-33-29-30-34-60(59)66-52-56-50-58(48-54(10)62(56)70)64(12,37-31-45-67(39-23-15-3,40-24-16-4)41-25-17-5)38-32-46-68(42-26-18-6,43-27-19-7)44-28-20-8;;/h47-52,59-60H,13-46H2,1-12H3;1H4;/p+2/t59-,60-;;/m1../s1. The van der Waals surface area contributed by atoms with E-state index in [1.807, 2.05) is 19.4 Å². The summed E-state index contributed by atoms with van der Waals surface area (Å²) >= 11 is 0.